The van der Waals surface area contributed by atoms with E-state index < -0.39 is 11.9 Å². The molecule has 0 aromatic carbocycles. The first-order valence-corrected chi connectivity index (χ1v) is 5.50. The van der Waals surface area contributed by atoms with Crippen molar-refractivity contribution in [1.29, 1.82) is 0 Å². The summed E-state index contributed by atoms with van der Waals surface area (Å²) in [6, 6.07) is 0. The number of carboxylic acid groups (broad SMARTS) is 2. The highest BCUT2D eigenvalue weighted by atomic mass is 16.4. The number of nitrogens with two attached hydrogens (primary N) is 2. The van der Waals surface area contributed by atoms with Crippen molar-refractivity contribution in [2.75, 3.05) is 26.2 Å². The van der Waals surface area contributed by atoms with E-state index in [9.17, 15) is 9.59 Å². The van der Waals surface area contributed by atoms with Gasteiger partial charge in [0, 0.05) is 39.0 Å². The standard InChI is InChI=1S/C4H13N3.2C3H6O2/c5-1-3-7-4-2-6;2*1-2-3(4)5/h7H,1-6H2;2*2H2,1H3,(H,4,5). The lowest BCUT2D eigenvalue weighted by Gasteiger charge is -1.95. The lowest BCUT2D eigenvalue weighted by molar-refractivity contribution is -0.137. The van der Waals surface area contributed by atoms with E-state index in [0.717, 1.165) is 13.1 Å². The Morgan fingerprint density at radius 3 is 1.29 bits per heavy atom. The Morgan fingerprint density at radius 1 is 0.941 bits per heavy atom. The average Bonchev–Trinajstić information content (AvgIpc) is 2.31. The van der Waals surface area contributed by atoms with Crippen LogP contribution in [0.5, 0.6) is 0 Å². The zero-order valence-corrected chi connectivity index (χ0v) is 10.6. The van der Waals surface area contributed by atoms with Gasteiger partial charge in [0.2, 0.25) is 0 Å². The molecule has 0 radical (unpaired) electrons. The second kappa shape index (κ2) is 20.3. The molecule has 0 heterocycles. The highest BCUT2D eigenvalue weighted by Crippen LogP contribution is 1.67. The van der Waals surface area contributed by atoms with Gasteiger partial charge in [-0.15, -0.1) is 0 Å². The summed E-state index contributed by atoms with van der Waals surface area (Å²) >= 11 is 0. The van der Waals surface area contributed by atoms with Gasteiger partial charge in [-0.3, -0.25) is 9.59 Å². The van der Waals surface area contributed by atoms with Gasteiger partial charge in [0.1, 0.15) is 0 Å². The summed E-state index contributed by atoms with van der Waals surface area (Å²) in [4.78, 5) is 18.7. The first-order valence-electron chi connectivity index (χ1n) is 5.50. The van der Waals surface area contributed by atoms with E-state index in [1.807, 2.05) is 0 Å². The molecule has 0 spiro atoms. The van der Waals surface area contributed by atoms with E-state index in [4.69, 9.17) is 21.7 Å². The molecule has 104 valence electrons. The fourth-order valence-electron chi connectivity index (χ4n) is 0.329. The Kier molecular flexibility index (Phi) is 25.2. The van der Waals surface area contributed by atoms with E-state index in [1.54, 1.807) is 13.8 Å². The van der Waals surface area contributed by atoms with Gasteiger partial charge in [-0.05, 0) is 0 Å². The molecule has 7 N–H and O–H groups in total. The Labute approximate surface area is 102 Å². The molecule has 0 amide bonds. The van der Waals surface area contributed by atoms with Crippen LogP contribution in [0.15, 0.2) is 0 Å². The molecule has 0 fully saturated rings. The Hall–Kier alpha value is -1.18. The van der Waals surface area contributed by atoms with Crippen molar-refractivity contribution in [2.45, 2.75) is 26.7 Å². The topological polar surface area (TPSA) is 139 Å². The fourth-order valence-corrected chi connectivity index (χ4v) is 0.329. The molecule has 0 aliphatic rings. The van der Waals surface area contributed by atoms with E-state index >= 15 is 0 Å². The molecule has 0 saturated heterocycles. The van der Waals surface area contributed by atoms with Crippen LogP contribution in [0.2, 0.25) is 0 Å². The van der Waals surface area contributed by atoms with E-state index in [1.165, 1.54) is 0 Å². The summed E-state index contributed by atoms with van der Waals surface area (Å²) in [5.74, 6) is -1.49. The van der Waals surface area contributed by atoms with Crippen LogP contribution in [0.3, 0.4) is 0 Å². The van der Waals surface area contributed by atoms with Gasteiger partial charge in [0.25, 0.3) is 0 Å². The third-order valence-electron chi connectivity index (χ3n) is 1.25. The van der Waals surface area contributed by atoms with Crippen LogP contribution in [0.25, 0.3) is 0 Å². The van der Waals surface area contributed by atoms with Gasteiger partial charge in [-0.2, -0.15) is 0 Å². The lowest BCUT2D eigenvalue weighted by Crippen LogP contribution is -2.27. The maximum Gasteiger partial charge on any atom is 0.303 e. The first-order chi connectivity index (χ1) is 7.95. The van der Waals surface area contributed by atoms with E-state index in [2.05, 4.69) is 5.32 Å². The molecule has 7 nitrogen and oxygen atoms in total. The maximum absolute atomic E-state index is 9.37. The van der Waals surface area contributed by atoms with Gasteiger partial charge in [0.05, 0.1) is 0 Å². The molecule has 0 aromatic rings. The summed E-state index contributed by atoms with van der Waals surface area (Å²) in [6.07, 6.45) is 0.444. The highest BCUT2D eigenvalue weighted by molar-refractivity contribution is 5.66. The summed E-state index contributed by atoms with van der Waals surface area (Å²) in [6.45, 7) is 6.33. The molecule has 17 heavy (non-hydrogen) atoms. The van der Waals surface area contributed by atoms with Crippen LogP contribution < -0.4 is 16.8 Å². The Bertz CT molecular complexity index is 159. The molecule has 7 heteroatoms. The fraction of sp³-hybridized carbons (Fsp3) is 0.800. The summed E-state index contributed by atoms with van der Waals surface area (Å²) in [5.41, 5.74) is 10.3. The Balaban J connectivity index is -0.000000177. The average molecular weight is 251 g/mol. The van der Waals surface area contributed by atoms with Crippen molar-refractivity contribution < 1.29 is 19.8 Å². The minimum atomic E-state index is -0.745. The molecular formula is C10H25N3O4. The van der Waals surface area contributed by atoms with Crippen LogP contribution in [-0.2, 0) is 9.59 Å². The van der Waals surface area contributed by atoms with Gasteiger partial charge in [-0.25, -0.2) is 0 Å². The smallest absolute Gasteiger partial charge is 0.303 e. The number of carbonyl (C=O) groups is 2. The third kappa shape index (κ3) is 52.4. The lowest BCUT2D eigenvalue weighted by atomic mass is 10.5. The van der Waals surface area contributed by atoms with Gasteiger partial charge < -0.3 is 27.0 Å². The van der Waals surface area contributed by atoms with E-state index in [-0.39, 0.29) is 12.8 Å². The van der Waals surface area contributed by atoms with Crippen LogP contribution in [0.1, 0.15) is 26.7 Å². The molecule has 0 saturated carbocycles. The molecule has 0 unspecified atom stereocenters. The van der Waals surface area contributed by atoms with Crippen LogP contribution in [0, 0.1) is 0 Å². The zero-order chi connectivity index (χ0) is 14.1. The monoisotopic (exact) mass is 251 g/mol. The number of carboxylic acids is 2. The normalized spacial score (nSPS) is 8.24. The van der Waals surface area contributed by atoms with Crippen molar-refractivity contribution >= 4 is 11.9 Å². The number of nitrogens with one attached hydrogen (secondary N) is 1. The van der Waals surface area contributed by atoms with Gasteiger partial charge >= 0.3 is 11.9 Å². The third-order valence-corrected chi connectivity index (χ3v) is 1.25. The van der Waals surface area contributed by atoms with Crippen molar-refractivity contribution in [2.24, 2.45) is 11.5 Å². The van der Waals surface area contributed by atoms with Gasteiger partial charge in [-0.1, -0.05) is 13.8 Å². The number of rotatable bonds is 6. The molecule has 0 atom stereocenters. The predicted molar refractivity (Wildman–Crippen MR) is 66.8 cm³/mol. The van der Waals surface area contributed by atoms with Crippen molar-refractivity contribution in [3.05, 3.63) is 0 Å². The number of hydrogen-bond donors (Lipinski definition) is 5. The van der Waals surface area contributed by atoms with E-state index in [0.29, 0.717) is 13.1 Å². The molecule has 0 bridgehead atoms. The van der Waals surface area contributed by atoms with Crippen molar-refractivity contribution in [3.63, 3.8) is 0 Å². The summed E-state index contributed by atoms with van der Waals surface area (Å²) in [7, 11) is 0. The second-order valence-electron chi connectivity index (χ2n) is 2.82. The number of aliphatic carboxylic acids is 2. The van der Waals surface area contributed by atoms with Crippen LogP contribution in [-0.4, -0.2) is 48.3 Å². The molecule has 0 aliphatic carbocycles. The van der Waals surface area contributed by atoms with Crippen molar-refractivity contribution in [1.82, 2.24) is 5.32 Å². The summed E-state index contributed by atoms with van der Waals surface area (Å²) in [5, 5.41) is 18.5. The molecule has 0 aliphatic heterocycles. The molecule has 0 rings (SSSR count). The zero-order valence-electron chi connectivity index (χ0n) is 10.6. The Morgan fingerprint density at radius 2 is 1.18 bits per heavy atom. The minimum Gasteiger partial charge on any atom is -0.481 e. The van der Waals surface area contributed by atoms with Gasteiger partial charge in [0.15, 0.2) is 0 Å². The van der Waals surface area contributed by atoms with Crippen LogP contribution >= 0.6 is 0 Å². The molecular weight excluding hydrogens is 226 g/mol. The molecule has 0 aromatic heterocycles. The minimum absolute atomic E-state index is 0.222. The largest absolute Gasteiger partial charge is 0.481 e. The second-order valence-corrected chi connectivity index (χ2v) is 2.82. The predicted octanol–water partition coefficient (Wildman–Crippen LogP) is -0.545. The summed E-state index contributed by atoms with van der Waals surface area (Å²) < 4.78 is 0. The maximum atomic E-state index is 9.37. The highest BCUT2D eigenvalue weighted by Gasteiger charge is 1.81. The quantitative estimate of drug-likeness (QED) is 0.399. The number of hydrogen-bond acceptors (Lipinski definition) is 5. The van der Waals surface area contributed by atoms with Crippen molar-refractivity contribution in [3.8, 4) is 0 Å². The first kappa shape index (κ1) is 21.1. The SMILES string of the molecule is CCC(=O)O.CCC(=O)O.NCCNCCN. The van der Waals surface area contributed by atoms with Crippen LogP contribution in [0.4, 0.5) is 0 Å².